The van der Waals surface area contributed by atoms with E-state index >= 15 is 0 Å². The second-order valence-corrected chi connectivity index (χ2v) is 7.23. The van der Waals surface area contributed by atoms with Crippen molar-refractivity contribution in [1.29, 1.82) is 0 Å². The number of rotatable bonds is 9. The minimum absolute atomic E-state index is 0.0421. The maximum absolute atomic E-state index is 12.1. The van der Waals surface area contributed by atoms with Gasteiger partial charge in [0.2, 0.25) is 0 Å². The van der Waals surface area contributed by atoms with Crippen LogP contribution in [0.2, 0.25) is 10.0 Å². The van der Waals surface area contributed by atoms with Crippen LogP contribution in [0.1, 0.15) is 47.2 Å². The van der Waals surface area contributed by atoms with E-state index in [-0.39, 0.29) is 25.0 Å². The Bertz CT molecular complexity index is 809. The summed E-state index contributed by atoms with van der Waals surface area (Å²) < 4.78 is 5.04. The van der Waals surface area contributed by atoms with Gasteiger partial charge in [0.05, 0.1) is 12.2 Å². The first kappa shape index (κ1) is 22.2. The van der Waals surface area contributed by atoms with Crippen molar-refractivity contribution >= 4 is 35.1 Å². The summed E-state index contributed by atoms with van der Waals surface area (Å²) >= 11 is 12.2. The van der Waals surface area contributed by atoms with Crippen LogP contribution in [0.3, 0.4) is 0 Å². The summed E-state index contributed by atoms with van der Waals surface area (Å²) in [5.74, 6) is -0.933. The van der Waals surface area contributed by atoms with Crippen molar-refractivity contribution in [3.63, 3.8) is 0 Å². The molecule has 0 unspecified atom stereocenters. The molecule has 5 nitrogen and oxygen atoms in total. The Morgan fingerprint density at radius 3 is 2.46 bits per heavy atom. The van der Waals surface area contributed by atoms with E-state index in [0.717, 1.165) is 18.4 Å². The van der Waals surface area contributed by atoms with Gasteiger partial charge < -0.3 is 15.2 Å². The Hall–Kier alpha value is -2.08. The molecule has 0 aromatic heterocycles. The van der Waals surface area contributed by atoms with Gasteiger partial charge in [-0.3, -0.25) is 4.79 Å². The van der Waals surface area contributed by atoms with Gasteiger partial charge >= 0.3 is 5.97 Å². The molecule has 0 fully saturated rings. The lowest BCUT2D eigenvalue weighted by atomic mass is 9.94. The number of nitrogens with one attached hydrogen (secondary N) is 1. The minimum Gasteiger partial charge on any atom is -0.452 e. The Morgan fingerprint density at radius 2 is 1.86 bits per heavy atom. The van der Waals surface area contributed by atoms with E-state index < -0.39 is 5.97 Å². The van der Waals surface area contributed by atoms with Crippen LogP contribution in [0.4, 0.5) is 0 Å². The lowest BCUT2D eigenvalue weighted by Crippen LogP contribution is -2.32. The summed E-state index contributed by atoms with van der Waals surface area (Å²) in [5, 5.41) is 12.9. The highest BCUT2D eigenvalue weighted by Crippen LogP contribution is 2.30. The van der Waals surface area contributed by atoms with Crippen LogP contribution in [0.5, 0.6) is 0 Å². The molecule has 2 aromatic rings. The van der Waals surface area contributed by atoms with Crippen LogP contribution in [-0.4, -0.2) is 30.1 Å². The molecule has 0 radical (unpaired) electrons. The largest absolute Gasteiger partial charge is 0.452 e. The molecule has 0 aliphatic rings. The zero-order valence-corrected chi connectivity index (χ0v) is 17.1. The summed E-state index contributed by atoms with van der Waals surface area (Å²) in [6.45, 7) is 1.97. The number of amides is 1. The number of ether oxygens (including phenoxy) is 1. The van der Waals surface area contributed by atoms with Gasteiger partial charge in [0.15, 0.2) is 6.61 Å². The van der Waals surface area contributed by atoms with Crippen LogP contribution in [0.15, 0.2) is 42.5 Å². The molecule has 7 heteroatoms. The zero-order valence-electron chi connectivity index (χ0n) is 15.6. The van der Waals surface area contributed by atoms with Gasteiger partial charge in [0, 0.05) is 22.5 Å². The first-order chi connectivity index (χ1) is 13.4. The molecule has 0 aliphatic heterocycles. The summed E-state index contributed by atoms with van der Waals surface area (Å²) in [5.41, 5.74) is 1.94. The second kappa shape index (κ2) is 11.1. The fourth-order valence-electron chi connectivity index (χ4n) is 2.80. The van der Waals surface area contributed by atoms with Crippen molar-refractivity contribution in [2.75, 3.05) is 13.2 Å². The summed E-state index contributed by atoms with van der Waals surface area (Å²) in [7, 11) is 0. The molecule has 0 aliphatic carbocycles. The van der Waals surface area contributed by atoms with E-state index in [1.165, 1.54) is 0 Å². The lowest BCUT2D eigenvalue weighted by molar-refractivity contribution is -0.124. The molecule has 0 bridgehead atoms. The van der Waals surface area contributed by atoms with Crippen molar-refractivity contribution < 1.29 is 19.4 Å². The average Bonchev–Trinajstić information content (AvgIpc) is 2.69. The highest BCUT2D eigenvalue weighted by atomic mass is 35.5. The Labute approximate surface area is 174 Å². The molecule has 0 heterocycles. The molecular weight excluding hydrogens is 401 g/mol. The van der Waals surface area contributed by atoms with E-state index in [4.69, 9.17) is 33.0 Å². The molecular formula is C21H23Cl2NO4. The fraction of sp³-hybridized carbons (Fsp3) is 0.333. The topological polar surface area (TPSA) is 75.6 Å². The van der Waals surface area contributed by atoms with Gasteiger partial charge in [0.1, 0.15) is 0 Å². The van der Waals surface area contributed by atoms with Gasteiger partial charge in [-0.05, 0) is 41.8 Å². The van der Waals surface area contributed by atoms with Crippen LogP contribution in [0, 0.1) is 0 Å². The standard InChI is InChI=1S/C21H23Cl2NO4/c1-2-3-16(18-9-8-17(22)10-19(18)23)11-24-20(26)13-28-21(27)15-6-4-14(12-25)5-7-15/h4-10,16,25H,2-3,11-13H2,1H3,(H,24,26)/t16-/m1/s1. The van der Waals surface area contributed by atoms with Gasteiger partial charge in [0.25, 0.3) is 5.91 Å². The summed E-state index contributed by atoms with van der Waals surface area (Å²) in [6, 6.07) is 11.7. The molecule has 0 saturated carbocycles. The van der Waals surface area contributed by atoms with Crippen LogP contribution >= 0.6 is 23.2 Å². The highest BCUT2D eigenvalue weighted by molar-refractivity contribution is 6.35. The summed E-state index contributed by atoms with van der Waals surface area (Å²) in [4.78, 5) is 24.1. The van der Waals surface area contributed by atoms with Crippen molar-refractivity contribution in [2.24, 2.45) is 0 Å². The maximum Gasteiger partial charge on any atom is 0.338 e. The molecule has 2 N–H and O–H groups in total. The van der Waals surface area contributed by atoms with Gasteiger partial charge in [-0.15, -0.1) is 0 Å². The van der Waals surface area contributed by atoms with Gasteiger partial charge in [-0.25, -0.2) is 4.79 Å². The van der Waals surface area contributed by atoms with Crippen LogP contribution in [-0.2, 0) is 16.1 Å². The van der Waals surface area contributed by atoms with Crippen molar-refractivity contribution in [3.05, 3.63) is 69.2 Å². The molecule has 0 saturated heterocycles. The van der Waals surface area contributed by atoms with Crippen LogP contribution in [0.25, 0.3) is 0 Å². The number of hydrogen-bond acceptors (Lipinski definition) is 4. The van der Waals surface area contributed by atoms with Crippen molar-refractivity contribution in [1.82, 2.24) is 5.32 Å². The number of benzene rings is 2. The van der Waals surface area contributed by atoms with Crippen LogP contribution < -0.4 is 5.32 Å². The normalized spacial score (nSPS) is 11.7. The number of esters is 1. The van der Waals surface area contributed by atoms with E-state index in [0.29, 0.717) is 27.7 Å². The average molecular weight is 424 g/mol. The predicted octanol–water partition coefficient (Wildman–Crippen LogP) is 4.34. The quantitative estimate of drug-likeness (QED) is 0.588. The SMILES string of the molecule is CCC[C@H](CNC(=O)COC(=O)c1ccc(CO)cc1)c1ccc(Cl)cc1Cl. The number of hydrogen-bond donors (Lipinski definition) is 2. The third-order valence-corrected chi connectivity index (χ3v) is 4.85. The predicted molar refractivity (Wildman–Crippen MR) is 110 cm³/mol. The monoisotopic (exact) mass is 423 g/mol. The van der Waals surface area contributed by atoms with Crippen molar-refractivity contribution in [2.45, 2.75) is 32.3 Å². The van der Waals surface area contributed by atoms with E-state index in [9.17, 15) is 9.59 Å². The van der Waals surface area contributed by atoms with E-state index in [2.05, 4.69) is 12.2 Å². The molecule has 1 atom stereocenters. The first-order valence-electron chi connectivity index (χ1n) is 9.03. The number of aliphatic hydroxyl groups is 1. The Morgan fingerprint density at radius 1 is 1.14 bits per heavy atom. The smallest absolute Gasteiger partial charge is 0.338 e. The van der Waals surface area contributed by atoms with Gasteiger partial charge in [-0.2, -0.15) is 0 Å². The molecule has 0 spiro atoms. The fourth-order valence-corrected chi connectivity index (χ4v) is 3.36. The number of aliphatic hydroxyl groups excluding tert-OH is 1. The van der Waals surface area contributed by atoms with E-state index in [1.54, 1.807) is 36.4 Å². The number of carbonyl (C=O) groups is 2. The molecule has 28 heavy (non-hydrogen) atoms. The van der Waals surface area contributed by atoms with E-state index in [1.807, 2.05) is 6.07 Å². The first-order valence-corrected chi connectivity index (χ1v) is 9.78. The molecule has 1 amide bonds. The third kappa shape index (κ3) is 6.51. The maximum atomic E-state index is 12.1. The molecule has 150 valence electrons. The third-order valence-electron chi connectivity index (χ3n) is 4.29. The Kier molecular flexibility index (Phi) is 8.77. The Balaban J connectivity index is 1.87. The summed E-state index contributed by atoms with van der Waals surface area (Å²) in [6.07, 6.45) is 1.77. The van der Waals surface area contributed by atoms with Crippen molar-refractivity contribution in [3.8, 4) is 0 Å². The lowest BCUT2D eigenvalue weighted by Gasteiger charge is -2.19. The minimum atomic E-state index is -0.592. The number of halogens is 2. The van der Waals surface area contributed by atoms with Gasteiger partial charge in [-0.1, -0.05) is 54.7 Å². The molecule has 2 aromatic carbocycles. The molecule has 2 rings (SSSR count). The second-order valence-electron chi connectivity index (χ2n) is 6.39. The number of carbonyl (C=O) groups excluding carboxylic acids is 2. The highest BCUT2D eigenvalue weighted by Gasteiger charge is 2.16. The zero-order chi connectivity index (χ0) is 20.5.